The molecule has 0 spiro atoms. The van der Waals surface area contributed by atoms with Gasteiger partial charge in [-0.25, -0.2) is 9.97 Å². The number of aryl methyl sites for hydroxylation is 1. The van der Waals surface area contributed by atoms with Crippen LogP contribution in [0.2, 0.25) is 5.28 Å². The summed E-state index contributed by atoms with van der Waals surface area (Å²) in [5.74, 6) is 2.13. The van der Waals surface area contributed by atoms with E-state index in [1.54, 1.807) is 11.1 Å². The van der Waals surface area contributed by atoms with Gasteiger partial charge in [0.15, 0.2) is 0 Å². The van der Waals surface area contributed by atoms with E-state index in [1.165, 1.54) is 0 Å². The van der Waals surface area contributed by atoms with Crippen LogP contribution in [0.4, 0.5) is 5.95 Å². The summed E-state index contributed by atoms with van der Waals surface area (Å²) in [5, 5.41) is 0.210. The highest BCUT2D eigenvalue weighted by molar-refractivity contribution is 6.28. The van der Waals surface area contributed by atoms with Gasteiger partial charge in [-0.1, -0.05) is 6.92 Å². The zero-order chi connectivity index (χ0) is 13.8. The molecule has 19 heavy (non-hydrogen) atoms. The molecule has 102 valence electrons. The lowest BCUT2D eigenvalue weighted by atomic mass is 10.3. The Labute approximate surface area is 117 Å². The van der Waals surface area contributed by atoms with E-state index >= 15 is 0 Å². The van der Waals surface area contributed by atoms with Crippen LogP contribution in [0.5, 0.6) is 0 Å². The molecule has 0 amide bonds. The Kier molecular flexibility index (Phi) is 4.31. The SMILES string of the molecule is CCCn1ccnc1Cc1nc(Cl)nc(N(C)C)n1. The van der Waals surface area contributed by atoms with Gasteiger partial charge in [0.25, 0.3) is 0 Å². The van der Waals surface area contributed by atoms with Crippen molar-refractivity contribution in [2.24, 2.45) is 0 Å². The first-order valence-corrected chi connectivity index (χ1v) is 6.55. The van der Waals surface area contributed by atoms with Gasteiger partial charge in [0.1, 0.15) is 11.6 Å². The monoisotopic (exact) mass is 280 g/mol. The van der Waals surface area contributed by atoms with Gasteiger partial charge in [-0.05, 0) is 18.0 Å². The summed E-state index contributed by atoms with van der Waals surface area (Å²) in [6.07, 6.45) is 5.37. The Hall–Kier alpha value is -1.69. The van der Waals surface area contributed by atoms with Crippen molar-refractivity contribution in [3.05, 3.63) is 29.3 Å². The molecule has 0 aliphatic rings. The van der Waals surface area contributed by atoms with Crippen molar-refractivity contribution in [2.45, 2.75) is 26.3 Å². The summed E-state index contributed by atoms with van der Waals surface area (Å²) in [4.78, 5) is 18.7. The molecule has 2 heterocycles. The molecule has 7 heteroatoms. The molecule has 0 fully saturated rings. The highest BCUT2D eigenvalue weighted by atomic mass is 35.5. The van der Waals surface area contributed by atoms with Crippen molar-refractivity contribution >= 4 is 17.5 Å². The Morgan fingerprint density at radius 1 is 1.26 bits per heavy atom. The third-order valence-corrected chi connectivity index (χ3v) is 2.79. The van der Waals surface area contributed by atoms with Crippen LogP contribution < -0.4 is 4.90 Å². The molecule has 0 aliphatic carbocycles. The molecule has 2 rings (SSSR count). The van der Waals surface area contributed by atoms with E-state index < -0.39 is 0 Å². The minimum absolute atomic E-state index is 0.210. The number of imidazole rings is 1. The van der Waals surface area contributed by atoms with Crippen molar-refractivity contribution in [2.75, 3.05) is 19.0 Å². The van der Waals surface area contributed by atoms with Gasteiger partial charge in [0.2, 0.25) is 11.2 Å². The standard InChI is InChI=1S/C12H17ClN6/c1-4-6-19-7-5-14-10(19)8-9-15-11(13)17-12(16-9)18(2)3/h5,7H,4,6,8H2,1-3H3. The Morgan fingerprint density at radius 3 is 2.74 bits per heavy atom. The quantitative estimate of drug-likeness (QED) is 0.836. The molecule has 0 aromatic carbocycles. The lowest BCUT2D eigenvalue weighted by Crippen LogP contribution is -2.15. The number of aromatic nitrogens is 5. The van der Waals surface area contributed by atoms with Crippen LogP contribution >= 0.6 is 11.6 Å². The lowest BCUT2D eigenvalue weighted by Gasteiger charge is -2.11. The minimum atomic E-state index is 0.210. The van der Waals surface area contributed by atoms with Crippen LogP contribution in [-0.2, 0) is 13.0 Å². The molecular weight excluding hydrogens is 264 g/mol. The van der Waals surface area contributed by atoms with Crippen LogP contribution in [0, 0.1) is 0 Å². The molecule has 0 unspecified atom stereocenters. The lowest BCUT2D eigenvalue weighted by molar-refractivity contribution is 0.641. The fourth-order valence-electron chi connectivity index (χ4n) is 1.75. The van der Waals surface area contributed by atoms with Gasteiger partial charge in [-0.15, -0.1) is 0 Å². The number of anilines is 1. The zero-order valence-corrected chi connectivity index (χ0v) is 12.1. The van der Waals surface area contributed by atoms with Gasteiger partial charge < -0.3 is 9.47 Å². The number of rotatable bonds is 5. The number of nitrogens with zero attached hydrogens (tertiary/aromatic N) is 6. The fraction of sp³-hybridized carbons (Fsp3) is 0.500. The van der Waals surface area contributed by atoms with E-state index in [0.29, 0.717) is 18.2 Å². The van der Waals surface area contributed by atoms with Crippen LogP contribution in [0.1, 0.15) is 25.0 Å². The first kappa shape index (κ1) is 13.7. The predicted octanol–water partition coefficient (Wildman–Crippen LogP) is 1.79. The van der Waals surface area contributed by atoms with Gasteiger partial charge in [-0.3, -0.25) is 0 Å². The molecule has 2 aromatic rings. The normalized spacial score (nSPS) is 10.7. The van der Waals surface area contributed by atoms with E-state index in [2.05, 4.69) is 31.4 Å². The summed E-state index contributed by atoms with van der Waals surface area (Å²) >= 11 is 5.92. The molecule has 0 N–H and O–H groups in total. The number of hydrogen-bond acceptors (Lipinski definition) is 5. The van der Waals surface area contributed by atoms with Crippen LogP contribution in [0.15, 0.2) is 12.4 Å². The zero-order valence-electron chi connectivity index (χ0n) is 11.3. The Bertz CT molecular complexity index is 551. The van der Waals surface area contributed by atoms with E-state index in [-0.39, 0.29) is 5.28 Å². The molecule has 0 saturated carbocycles. The van der Waals surface area contributed by atoms with Gasteiger partial charge in [0.05, 0.1) is 6.42 Å². The molecule has 0 atom stereocenters. The van der Waals surface area contributed by atoms with E-state index in [0.717, 1.165) is 18.8 Å². The molecule has 0 bridgehead atoms. The van der Waals surface area contributed by atoms with E-state index in [4.69, 9.17) is 11.6 Å². The van der Waals surface area contributed by atoms with E-state index in [1.807, 2.05) is 20.3 Å². The summed E-state index contributed by atoms with van der Waals surface area (Å²) < 4.78 is 2.10. The molecule has 0 aliphatic heterocycles. The van der Waals surface area contributed by atoms with Crippen molar-refractivity contribution in [1.82, 2.24) is 24.5 Å². The third-order valence-electron chi connectivity index (χ3n) is 2.63. The van der Waals surface area contributed by atoms with Crippen molar-refractivity contribution in [3.8, 4) is 0 Å². The van der Waals surface area contributed by atoms with Crippen molar-refractivity contribution < 1.29 is 0 Å². The molecule has 0 radical (unpaired) electrons. The van der Waals surface area contributed by atoms with Gasteiger partial charge in [0, 0.05) is 33.0 Å². The van der Waals surface area contributed by atoms with Gasteiger partial charge >= 0.3 is 0 Å². The van der Waals surface area contributed by atoms with E-state index in [9.17, 15) is 0 Å². The first-order valence-electron chi connectivity index (χ1n) is 6.18. The van der Waals surface area contributed by atoms with Crippen LogP contribution in [0.25, 0.3) is 0 Å². The molecular formula is C12H17ClN6. The number of halogens is 1. The largest absolute Gasteiger partial charge is 0.347 e. The summed E-state index contributed by atoms with van der Waals surface area (Å²) in [5.41, 5.74) is 0. The highest BCUT2D eigenvalue weighted by Gasteiger charge is 2.10. The highest BCUT2D eigenvalue weighted by Crippen LogP contribution is 2.11. The minimum Gasteiger partial charge on any atom is -0.347 e. The maximum absolute atomic E-state index is 5.92. The molecule has 0 saturated heterocycles. The maximum Gasteiger partial charge on any atom is 0.229 e. The average Bonchev–Trinajstić information content (AvgIpc) is 2.76. The molecule has 6 nitrogen and oxygen atoms in total. The van der Waals surface area contributed by atoms with Crippen molar-refractivity contribution in [3.63, 3.8) is 0 Å². The summed E-state index contributed by atoms with van der Waals surface area (Å²) in [6, 6.07) is 0. The number of hydrogen-bond donors (Lipinski definition) is 0. The second kappa shape index (κ2) is 5.97. The van der Waals surface area contributed by atoms with Crippen molar-refractivity contribution in [1.29, 1.82) is 0 Å². The summed E-state index contributed by atoms with van der Waals surface area (Å²) in [7, 11) is 3.74. The maximum atomic E-state index is 5.92. The smallest absolute Gasteiger partial charge is 0.229 e. The van der Waals surface area contributed by atoms with Crippen LogP contribution in [0.3, 0.4) is 0 Å². The van der Waals surface area contributed by atoms with Crippen LogP contribution in [-0.4, -0.2) is 38.6 Å². The third kappa shape index (κ3) is 3.41. The predicted molar refractivity (Wildman–Crippen MR) is 74.5 cm³/mol. The topological polar surface area (TPSA) is 59.7 Å². The second-order valence-electron chi connectivity index (χ2n) is 4.43. The molecule has 2 aromatic heterocycles. The summed E-state index contributed by atoms with van der Waals surface area (Å²) in [6.45, 7) is 3.07. The first-order chi connectivity index (χ1) is 9.10. The second-order valence-corrected chi connectivity index (χ2v) is 4.77. The Balaban J connectivity index is 2.25. The van der Waals surface area contributed by atoms with Gasteiger partial charge in [-0.2, -0.15) is 9.97 Å². The average molecular weight is 281 g/mol. The Morgan fingerprint density at radius 2 is 2.05 bits per heavy atom. The fourth-order valence-corrected chi connectivity index (χ4v) is 1.92.